The molecule has 0 atom stereocenters. The Morgan fingerprint density at radius 1 is 1.19 bits per heavy atom. The van der Waals surface area contributed by atoms with Crippen LogP contribution >= 0.6 is 0 Å². The van der Waals surface area contributed by atoms with Gasteiger partial charge in [0, 0.05) is 31.1 Å². The number of ether oxygens (including phenoxy) is 1. The zero-order chi connectivity index (χ0) is 14.9. The molecular formula is C16H22N4O. The van der Waals surface area contributed by atoms with E-state index in [-0.39, 0.29) is 0 Å². The Bertz CT molecular complexity index is 531. The fourth-order valence-corrected chi connectivity index (χ4v) is 1.84. The number of nitrogens with zero attached hydrogens (tertiary/aromatic N) is 3. The van der Waals surface area contributed by atoms with Crippen LogP contribution in [-0.4, -0.2) is 28.1 Å². The van der Waals surface area contributed by atoms with Crippen LogP contribution in [0.4, 0.5) is 0 Å². The van der Waals surface area contributed by atoms with Crippen LogP contribution in [0.1, 0.15) is 25.2 Å². The Kier molecular flexibility index (Phi) is 6.09. The molecule has 2 heterocycles. The van der Waals surface area contributed by atoms with Crippen LogP contribution in [0.25, 0.3) is 0 Å². The van der Waals surface area contributed by atoms with Gasteiger partial charge in [0.05, 0.1) is 18.5 Å². The van der Waals surface area contributed by atoms with Crippen molar-refractivity contribution in [3.05, 3.63) is 48.2 Å². The van der Waals surface area contributed by atoms with Crippen molar-refractivity contribution in [2.24, 2.45) is 5.92 Å². The van der Waals surface area contributed by atoms with Crippen molar-refractivity contribution in [3.8, 4) is 5.88 Å². The van der Waals surface area contributed by atoms with Crippen LogP contribution in [0.2, 0.25) is 0 Å². The summed E-state index contributed by atoms with van der Waals surface area (Å²) in [5.74, 6) is 1.19. The number of pyridine rings is 1. The molecule has 0 amide bonds. The summed E-state index contributed by atoms with van der Waals surface area (Å²) in [6.07, 6.45) is 5.96. The van der Waals surface area contributed by atoms with E-state index in [1.165, 1.54) is 0 Å². The summed E-state index contributed by atoms with van der Waals surface area (Å²) in [6, 6.07) is 5.87. The molecular weight excluding hydrogens is 264 g/mol. The molecule has 0 aliphatic rings. The Hall–Kier alpha value is -2.01. The average molecular weight is 286 g/mol. The first-order valence-electron chi connectivity index (χ1n) is 7.28. The van der Waals surface area contributed by atoms with Gasteiger partial charge in [-0.3, -0.25) is 9.97 Å². The van der Waals surface area contributed by atoms with E-state index in [0.717, 1.165) is 24.4 Å². The smallest absolute Gasteiger partial charge is 0.232 e. The van der Waals surface area contributed by atoms with Crippen LogP contribution in [0.5, 0.6) is 5.88 Å². The number of aromatic nitrogens is 3. The van der Waals surface area contributed by atoms with Crippen molar-refractivity contribution < 1.29 is 4.74 Å². The van der Waals surface area contributed by atoms with Crippen molar-refractivity contribution in [2.75, 3.05) is 13.2 Å². The highest BCUT2D eigenvalue weighted by molar-refractivity contribution is 5.09. The molecule has 0 radical (unpaired) electrons. The molecule has 0 aliphatic carbocycles. The van der Waals surface area contributed by atoms with Crippen LogP contribution in [0.3, 0.4) is 0 Å². The van der Waals surface area contributed by atoms with Crippen molar-refractivity contribution in [3.63, 3.8) is 0 Å². The molecule has 0 unspecified atom stereocenters. The number of hydrogen-bond acceptors (Lipinski definition) is 5. The monoisotopic (exact) mass is 286 g/mol. The largest absolute Gasteiger partial charge is 0.476 e. The Labute approximate surface area is 125 Å². The summed E-state index contributed by atoms with van der Waals surface area (Å²) in [5.41, 5.74) is 1.91. The third-order valence-electron chi connectivity index (χ3n) is 2.86. The van der Waals surface area contributed by atoms with E-state index in [4.69, 9.17) is 4.74 Å². The summed E-state index contributed by atoms with van der Waals surface area (Å²) in [4.78, 5) is 12.9. The van der Waals surface area contributed by atoms with Crippen LogP contribution < -0.4 is 10.1 Å². The van der Waals surface area contributed by atoms with E-state index in [2.05, 4.69) is 34.1 Å². The lowest BCUT2D eigenvalue weighted by Gasteiger charge is -2.08. The van der Waals surface area contributed by atoms with Crippen LogP contribution in [-0.2, 0) is 13.0 Å². The average Bonchev–Trinajstić information content (AvgIpc) is 2.48. The highest BCUT2D eigenvalue weighted by atomic mass is 16.5. The predicted molar refractivity (Wildman–Crippen MR) is 82.0 cm³/mol. The summed E-state index contributed by atoms with van der Waals surface area (Å²) >= 11 is 0. The third-order valence-corrected chi connectivity index (χ3v) is 2.86. The molecule has 0 bridgehead atoms. The molecule has 21 heavy (non-hydrogen) atoms. The third kappa shape index (κ3) is 5.87. The van der Waals surface area contributed by atoms with Crippen LogP contribution in [0.15, 0.2) is 36.8 Å². The Morgan fingerprint density at radius 2 is 2.10 bits per heavy atom. The zero-order valence-corrected chi connectivity index (χ0v) is 12.6. The fourth-order valence-electron chi connectivity index (χ4n) is 1.84. The van der Waals surface area contributed by atoms with E-state index >= 15 is 0 Å². The highest BCUT2D eigenvalue weighted by Crippen LogP contribution is 2.06. The topological polar surface area (TPSA) is 59.9 Å². The molecule has 0 aliphatic heterocycles. The Morgan fingerprint density at radius 3 is 2.86 bits per heavy atom. The first-order valence-corrected chi connectivity index (χ1v) is 7.28. The first kappa shape index (κ1) is 15.4. The molecule has 1 N–H and O–H groups in total. The summed E-state index contributed by atoms with van der Waals surface area (Å²) < 4.78 is 5.64. The maximum Gasteiger partial charge on any atom is 0.232 e. The molecule has 0 saturated carbocycles. The molecule has 2 rings (SSSR count). The van der Waals surface area contributed by atoms with E-state index in [0.29, 0.717) is 24.9 Å². The van der Waals surface area contributed by atoms with E-state index in [1.54, 1.807) is 18.6 Å². The van der Waals surface area contributed by atoms with Crippen molar-refractivity contribution in [1.82, 2.24) is 20.3 Å². The molecule has 5 nitrogen and oxygen atoms in total. The maximum atomic E-state index is 5.64. The van der Waals surface area contributed by atoms with Gasteiger partial charge in [0.2, 0.25) is 5.88 Å². The minimum atomic E-state index is 0.550. The molecule has 0 fully saturated rings. The molecule has 112 valence electrons. The van der Waals surface area contributed by atoms with Gasteiger partial charge in [-0.05, 0) is 24.6 Å². The van der Waals surface area contributed by atoms with Gasteiger partial charge in [0.15, 0.2) is 0 Å². The standard InChI is InChI=1S/C16H22N4O/c1-13(2)9-17-10-15-11-18-12-16(20-15)21-8-6-14-5-3-4-7-19-14/h3-5,7,11-13,17H,6,8-10H2,1-2H3. The van der Waals surface area contributed by atoms with Crippen molar-refractivity contribution >= 4 is 0 Å². The predicted octanol–water partition coefficient (Wildman–Crippen LogP) is 2.24. The molecule has 0 saturated heterocycles. The molecule has 2 aromatic rings. The van der Waals surface area contributed by atoms with Gasteiger partial charge in [-0.15, -0.1) is 0 Å². The normalized spacial score (nSPS) is 10.8. The van der Waals surface area contributed by atoms with Gasteiger partial charge in [-0.1, -0.05) is 19.9 Å². The summed E-state index contributed by atoms with van der Waals surface area (Å²) in [6.45, 7) is 6.58. The maximum absolute atomic E-state index is 5.64. The van der Waals surface area contributed by atoms with Gasteiger partial charge in [-0.2, -0.15) is 0 Å². The first-order chi connectivity index (χ1) is 10.2. The highest BCUT2D eigenvalue weighted by Gasteiger charge is 2.01. The minimum Gasteiger partial charge on any atom is -0.476 e. The molecule has 2 aromatic heterocycles. The van der Waals surface area contributed by atoms with Gasteiger partial charge < -0.3 is 10.1 Å². The zero-order valence-electron chi connectivity index (χ0n) is 12.6. The lowest BCUT2D eigenvalue weighted by molar-refractivity contribution is 0.305. The Balaban J connectivity index is 1.78. The van der Waals surface area contributed by atoms with Crippen molar-refractivity contribution in [2.45, 2.75) is 26.8 Å². The van der Waals surface area contributed by atoms with Gasteiger partial charge in [0.25, 0.3) is 0 Å². The molecule has 0 aromatic carbocycles. The van der Waals surface area contributed by atoms with Crippen molar-refractivity contribution in [1.29, 1.82) is 0 Å². The second-order valence-corrected chi connectivity index (χ2v) is 5.29. The minimum absolute atomic E-state index is 0.550. The number of nitrogens with one attached hydrogen (secondary N) is 1. The van der Waals surface area contributed by atoms with Gasteiger partial charge in [-0.25, -0.2) is 4.98 Å². The van der Waals surface area contributed by atoms with Gasteiger partial charge in [0.1, 0.15) is 0 Å². The van der Waals surface area contributed by atoms with Crippen LogP contribution in [0, 0.1) is 5.92 Å². The molecule has 5 heteroatoms. The summed E-state index contributed by atoms with van der Waals surface area (Å²) in [5, 5.41) is 3.34. The summed E-state index contributed by atoms with van der Waals surface area (Å²) in [7, 11) is 0. The number of rotatable bonds is 8. The van der Waals surface area contributed by atoms with E-state index in [9.17, 15) is 0 Å². The van der Waals surface area contributed by atoms with Gasteiger partial charge >= 0.3 is 0 Å². The number of hydrogen-bond donors (Lipinski definition) is 1. The van der Waals surface area contributed by atoms with E-state index < -0.39 is 0 Å². The lowest BCUT2D eigenvalue weighted by atomic mass is 10.2. The molecule has 0 spiro atoms. The fraction of sp³-hybridized carbons (Fsp3) is 0.438. The van der Waals surface area contributed by atoms with E-state index in [1.807, 2.05) is 18.2 Å². The lowest BCUT2D eigenvalue weighted by Crippen LogP contribution is -2.19. The quantitative estimate of drug-likeness (QED) is 0.806. The second-order valence-electron chi connectivity index (χ2n) is 5.29. The SMILES string of the molecule is CC(C)CNCc1cncc(OCCc2ccccn2)n1. The second kappa shape index (κ2) is 8.32.